The molecular formula is C16H20N2S. The lowest BCUT2D eigenvalue weighted by molar-refractivity contribution is 0.479. The summed E-state index contributed by atoms with van der Waals surface area (Å²) in [5, 5.41) is 4.91. The second kappa shape index (κ2) is 5.85. The highest BCUT2D eigenvalue weighted by Crippen LogP contribution is 2.41. The molecule has 1 atom stereocenters. The molecule has 1 heterocycles. The number of aromatic nitrogens is 1. The van der Waals surface area contributed by atoms with Gasteiger partial charge in [-0.05, 0) is 30.7 Å². The van der Waals surface area contributed by atoms with Crippen LogP contribution in [0, 0.1) is 5.92 Å². The van der Waals surface area contributed by atoms with E-state index in [4.69, 9.17) is 0 Å². The van der Waals surface area contributed by atoms with Gasteiger partial charge in [-0.3, -0.25) is 0 Å². The summed E-state index contributed by atoms with van der Waals surface area (Å²) in [6.45, 7) is 3.07. The zero-order valence-corrected chi connectivity index (χ0v) is 12.1. The number of aryl methyl sites for hydroxylation is 1. The second-order valence-corrected chi connectivity index (χ2v) is 6.38. The average Bonchev–Trinajstić information content (AvgIpc) is 3.18. The Hall–Kier alpha value is -1.19. The number of nitrogens with one attached hydrogen (secondary N) is 1. The molecule has 3 rings (SSSR count). The molecule has 0 radical (unpaired) electrons. The third-order valence-corrected chi connectivity index (χ3v) is 4.82. The van der Waals surface area contributed by atoms with Gasteiger partial charge in [0.1, 0.15) is 5.01 Å². The fraction of sp³-hybridized carbons (Fsp3) is 0.438. The van der Waals surface area contributed by atoms with E-state index in [0.717, 1.165) is 18.9 Å². The van der Waals surface area contributed by atoms with Crippen LogP contribution in [0.25, 0.3) is 0 Å². The van der Waals surface area contributed by atoms with Crippen molar-refractivity contribution in [1.29, 1.82) is 0 Å². The first-order valence-corrected chi connectivity index (χ1v) is 7.90. The zero-order chi connectivity index (χ0) is 13.1. The molecule has 19 heavy (non-hydrogen) atoms. The van der Waals surface area contributed by atoms with Gasteiger partial charge in [-0.2, -0.15) is 0 Å². The van der Waals surface area contributed by atoms with Gasteiger partial charge in [0.15, 0.2) is 0 Å². The van der Waals surface area contributed by atoms with Gasteiger partial charge >= 0.3 is 0 Å². The minimum absolute atomic E-state index is 0.496. The summed E-state index contributed by atoms with van der Waals surface area (Å²) in [4.78, 5) is 5.86. The molecule has 1 aliphatic carbocycles. The molecule has 3 heteroatoms. The maximum Gasteiger partial charge on any atom is 0.107 e. The third kappa shape index (κ3) is 3.23. The van der Waals surface area contributed by atoms with Gasteiger partial charge in [0.05, 0.1) is 0 Å². The SMILES string of the molecule is CCc1cnc(CNC(c2ccccc2)C2CC2)s1. The molecule has 0 amide bonds. The number of nitrogens with zero attached hydrogens (tertiary/aromatic N) is 1. The van der Waals surface area contributed by atoms with Gasteiger partial charge in [-0.1, -0.05) is 37.3 Å². The number of benzene rings is 1. The minimum Gasteiger partial charge on any atom is -0.303 e. The van der Waals surface area contributed by atoms with Crippen molar-refractivity contribution in [1.82, 2.24) is 10.3 Å². The highest BCUT2D eigenvalue weighted by Gasteiger charge is 2.31. The Morgan fingerprint density at radius 2 is 2.11 bits per heavy atom. The lowest BCUT2D eigenvalue weighted by Gasteiger charge is -2.18. The van der Waals surface area contributed by atoms with E-state index in [0.29, 0.717) is 6.04 Å². The van der Waals surface area contributed by atoms with Crippen molar-refractivity contribution in [2.75, 3.05) is 0 Å². The molecule has 1 unspecified atom stereocenters. The number of rotatable bonds is 6. The van der Waals surface area contributed by atoms with Gasteiger partial charge in [0.25, 0.3) is 0 Å². The molecule has 0 aliphatic heterocycles. The molecule has 0 bridgehead atoms. The van der Waals surface area contributed by atoms with E-state index in [9.17, 15) is 0 Å². The van der Waals surface area contributed by atoms with Crippen molar-refractivity contribution in [3.8, 4) is 0 Å². The first-order valence-electron chi connectivity index (χ1n) is 7.08. The largest absolute Gasteiger partial charge is 0.303 e. The van der Waals surface area contributed by atoms with Crippen LogP contribution in [0.3, 0.4) is 0 Å². The van der Waals surface area contributed by atoms with Crippen LogP contribution in [0.4, 0.5) is 0 Å². The van der Waals surface area contributed by atoms with E-state index in [1.165, 1.54) is 28.3 Å². The van der Waals surface area contributed by atoms with Crippen molar-refractivity contribution >= 4 is 11.3 Å². The van der Waals surface area contributed by atoms with Gasteiger partial charge in [-0.15, -0.1) is 11.3 Å². The highest BCUT2D eigenvalue weighted by molar-refractivity contribution is 7.11. The number of thiazole rings is 1. The standard InChI is InChI=1S/C16H20N2S/c1-2-14-10-17-15(19-14)11-18-16(13-8-9-13)12-6-4-3-5-7-12/h3-7,10,13,16,18H,2,8-9,11H2,1H3. The molecular weight excluding hydrogens is 252 g/mol. The Bertz CT molecular complexity index is 517. The molecule has 1 aromatic heterocycles. The van der Waals surface area contributed by atoms with E-state index >= 15 is 0 Å². The normalized spacial score (nSPS) is 16.5. The van der Waals surface area contributed by atoms with Crippen molar-refractivity contribution in [3.05, 3.63) is 52.0 Å². The predicted molar refractivity (Wildman–Crippen MR) is 80.2 cm³/mol. The maximum absolute atomic E-state index is 4.49. The molecule has 1 aliphatic rings. The molecule has 0 spiro atoms. The van der Waals surface area contributed by atoms with Crippen LogP contribution in [-0.2, 0) is 13.0 Å². The summed E-state index contributed by atoms with van der Waals surface area (Å²) in [5.74, 6) is 0.813. The highest BCUT2D eigenvalue weighted by atomic mass is 32.1. The van der Waals surface area contributed by atoms with E-state index in [-0.39, 0.29) is 0 Å². The van der Waals surface area contributed by atoms with Crippen LogP contribution in [0.1, 0.15) is 41.3 Å². The molecule has 1 aromatic carbocycles. The number of hydrogen-bond donors (Lipinski definition) is 1. The van der Waals surface area contributed by atoms with Gasteiger partial charge in [0.2, 0.25) is 0 Å². The minimum atomic E-state index is 0.496. The monoisotopic (exact) mass is 272 g/mol. The van der Waals surface area contributed by atoms with Gasteiger partial charge in [-0.25, -0.2) is 4.98 Å². The topological polar surface area (TPSA) is 24.9 Å². The fourth-order valence-corrected chi connectivity index (χ4v) is 3.25. The molecule has 2 nitrogen and oxygen atoms in total. The van der Waals surface area contributed by atoms with Crippen LogP contribution >= 0.6 is 11.3 Å². The van der Waals surface area contributed by atoms with Crippen LogP contribution in [0.2, 0.25) is 0 Å². The smallest absolute Gasteiger partial charge is 0.107 e. The summed E-state index contributed by atoms with van der Waals surface area (Å²) < 4.78 is 0. The Morgan fingerprint density at radius 1 is 1.32 bits per heavy atom. The molecule has 1 fully saturated rings. The predicted octanol–water partition coefficient (Wildman–Crippen LogP) is 3.95. The lowest BCUT2D eigenvalue weighted by Crippen LogP contribution is -2.22. The van der Waals surface area contributed by atoms with E-state index in [2.05, 4.69) is 47.6 Å². The molecule has 1 N–H and O–H groups in total. The van der Waals surface area contributed by atoms with Crippen LogP contribution in [0.5, 0.6) is 0 Å². The summed E-state index contributed by atoms with van der Waals surface area (Å²) in [6, 6.07) is 11.3. The first kappa shape index (κ1) is 12.8. The molecule has 2 aromatic rings. The fourth-order valence-electron chi connectivity index (χ4n) is 2.44. The first-order chi connectivity index (χ1) is 9.36. The van der Waals surface area contributed by atoms with Crippen LogP contribution < -0.4 is 5.32 Å². The van der Waals surface area contributed by atoms with Crippen molar-refractivity contribution in [3.63, 3.8) is 0 Å². The summed E-state index contributed by atoms with van der Waals surface area (Å²) in [5.41, 5.74) is 1.41. The van der Waals surface area contributed by atoms with Crippen LogP contribution in [-0.4, -0.2) is 4.98 Å². The van der Waals surface area contributed by atoms with Crippen molar-refractivity contribution in [2.45, 2.75) is 38.8 Å². The summed E-state index contributed by atoms with van der Waals surface area (Å²) >= 11 is 1.83. The Balaban J connectivity index is 1.65. The summed E-state index contributed by atoms with van der Waals surface area (Å²) in [7, 11) is 0. The molecule has 0 saturated heterocycles. The Morgan fingerprint density at radius 3 is 2.74 bits per heavy atom. The second-order valence-electron chi connectivity index (χ2n) is 5.18. The summed E-state index contributed by atoms with van der Waals surface area (Å²) in [6.07, 6.45) is 5.80. The average molecular weight is 272 g/mol. The third-order valence-electron chi connectivity index (χ3n) is 3.68. The van der Waals surface area contributed by atoms with E-state index < -0.39 is 0 Å². The van der Waals surface area contributed by atoms with Crippen molar-refractivity contribution < 1.29 is 0 Å². The van der Waals surface area contributed by atoms with E-state index in [1.807, 2.05) is 17.5 Å². The lowest BCUT2D eigenvalue weighted by atomic mass is 10.0. The molecule has 100 valence electrons. The molecule has 1 saturated carbocycles. The maximum atomic E-state index is 4.49. The number of hydrogen-bond acceptors (Lipinski definition) is 3. The quantitative estimate of drug-likeness (QED) is 0.861. The van der Waals surface area contributed by atoms with E-state index in [1.54, 1.807) is 0 Å². The Kier molecular flexibility index (Phi) is 3.95. The van der Waals surface area contributed by atoms with Crippen LogP contribution in [0.15, 0.2) is 36.5 Å². The zero-order valence-electron chi connectivity index (χ0n) is 11.3. The van der Waals surface area contributed by atoms with Gasteiger partial charge in [0, 0.05) is 23.7 Å². The van der Waals surface area contributed by atoms with Crippen molar-refractivity contribution in [2.24, 2.45) is 5.92 Å². The Labute approximate surface area is 118 Å². The van der Waals surface area contributed by atoms with Gasteiger partial charge < -0.3 is 5.32 Å².